The van der Waals surface area contributed by atoms with Crippen LogP contribution in [0.25, 0.3) is 0 Å². The molecule has 0 radical (unpaired) electrons. The van der Waals surface area contributed by atoms with Crippen molar-refractivity contribution in [2.45, 2.75) is 25.9 Å². The number of hydrogen-bond donors (Lipinski definition) is 0. The lowest BCUT2D eigenvalue weighted by atomic mass is 10.1. The fourth-order valence-corrected chi connectivity index (χ4v) is 2.41. The molecule has 0 aliphatic carbocycles. The molecule has 0 amide bonds. The molecule has 1 nitrogen and oxygen atoms in total. The molecule has 0 unspecified atom stereocenters. The van der Waals surface area contributed by atoms with Gasteiger partial charge in [-0.25, -0.2) is 4.98 Å². The van der Waals surface area contributed by atoms with Gasteiger partial charge in [0.2, 0.25) is 0 Å². The zero-order valence-corrected chi connectivity index (χ0v) is 10.6. The molecule has 0 atom stereocenters. The molecule has 0 saturated heterocycles. The van der Waals surface area contributed by atoms with Crippen molar-refractivity contribution < 1.29 is 13.2 Å². The van der Waals surface area contributed by atoms with E-state index in [2.05, 4.69) is 4.98 Å². The van der Waals surface area contributed by atoms with E-state index in [1.807, 2.05) is 12.3 Å². The lowest BCUT2D eigenvalue weighted by Gasteiger charge is -2.07. The molecule has 96 valence electrons. The number of benzene rings is 1. The summed E-state index contributed by atoms with van der Waals surface area (Å²) < 4.78 is 37.1. The number of aromatic nitrogens is 1. The quantitative estimate of drug-likeness (QED) is 0.813. The molecule has 0 aliphatic heterocycles. The number of hydrogen-bond acceptors (Lipinski definition) is 2. The largest absolute Gasteiger partial charge is 0.416 e. The Morgan fingerprint density at radius 1 is 1.11 bits per heavy atom. The summed E-state index contributed by atoms with van der Waals surface area (Å²) in [4.78, 5) is 4.32. The SMILES string of the molecule is Cc1csc(CCc2ccc(C(F)(F)F)cc2)n1. The summed E-state index contributed by atoms with van der Waals surface area (Å²) in [5.41, 5.74) is 1.29. The van der Waals surface area contributed by atoms with Gasteiger partial charge in [-0.05, 0) is 31.0 Å². The molecular weight excluding hydrogens is 259 g/mol. The zero-order valence-electron chi connectivity index (χ0n) is 9.79. The molecule has 18 heavy (non-hydrogen) atoms. The van der Waals surface area contributed by atoms with E-state index in [1.54, 1.807) is 11.3 Å². The van der Waals surface area contributed by atoms with E-state index in [9.17, 15) is 13.2 Å². The van der Waals surface area contributed by atoms with Crippen LogP contribution in [0.15, 0.2) is 29.6 Å². The van der Waals surface area contributed by atoms with Crippen molar-refractivity contribution in [2.24, 2.45) is 0 Å². The number of thiazole rings is 1. The molecule has 5 heteroatoms. The Labute approximate surface area is 107 Å². The maximum absolute atomic E-state index is 12.4. The molecule has 1 aromatic heterocycles. The summed E-state index contributed by atoms with van der Waals surface area (Å²) in [6, 6.07) is 5.32. The van der Waals surface area contributed by atoms with E-state index < -0.39 is 11.7 Å². The van der Waals surface area contributed by atoms with Crippen molar-refractivity contribution in [3.05, 3.63) is 51.5 Å². The van der Waals surface area contributed by atoms with Crippen LogP contribution in [0.4, 0.5) is 13.2 Å². The predicted octanol–water partition coefficient (Wildman–Crippen LogP) is 4.26. The molecule has 1 heterocycles. The van der Waals surface area contributed by atoms with E-state index in [0.717, 1.165) is 34.8 Å². The maximum Gasteiger partial charge on any atom is 0.416 e. The highest BCUT2D eigenvalue weighted by Crippen LogP contribution is 2.29. The number of alkyl halides is 3. The molecule has 0 aliphatic rings. The summed E-state index contributed by atoms with van der Waals surface area (Å²) in [5.74, 6) is 0. The van der Waals surface area contributed by atoms with Gasteiger partial charge in [0, 0.05) is 17.5 Å². The van der Waals surface area contributed by atoms with E-state index >= 15 is 0 Å². The third-order valence-electron chi connectivity index (χ3n) is 2.58. The van der Waals surface area contributed by atoms with Gasteiger partial charge in [0.05, 0.1) is 10.6 Å². The van der Waals surface area contributed by atoms with Crippen LogP contribution in [0.2, 0.25) is 0 Å². The maximum atomic E-state index is 12.4. The summed E-state index contributed by atoms with van der Waals surface area (Å²) in [5, 5.41) is 3.00. The van der Waals surface area contributed by atoms with Crippen molar-refractivity contribution in [1.29, 1.82) is 0 Å². The Morgan fingerprint density at radius 3 is 2.28 bits per heavy atom. The van der Waals surface area contributed by atoms with Crippen LogP contribution < -0.4 is 0 Å². The van der Waals surface area contributed by atoms with Crippen LogP contribution in [-0.2, 0) is 19.0 Å². The normalized spacial score (nSPS) is 11.8. The summed E-state index contributed by atoms with van der Waals surface area (Å²) >= 11 is 1.59. The highest BCUT2D eigenvalue weighted by Gasteiger charge is 2.29. The number of aryl methyl sites for hydroxylation is 3. The second kappa shape index (κ2) is 5.10. The Bertz CT molecular complexity index is 514. The Hall–Kier alpha value is -1.36. The summed E-state index contributed by atoms with van der Waals surface area (Å²) in [6.45, 7) is 1.93. The zero-order chi connectivity index (χ0) is 13.2. The van der Waals surface area contributed by atoms with Gasteiger partial charge in [-0.2, -0.15) is 13.2 Å². The molecule has 0 spiro atoms. The van der Waals surface area contributed by atoms with E-state index in [4.69, 9.17) is 0 Å². The third kappa shape index (κ3) is 3.32. The Kier molecular flexibility index (Phi) is 3.71. The van der Waals surface area contributed by atoms with Gasteiger partial charge < -0.3 is 0 Å². The molecule has 2 aromatic rings. The van der Waals surface area contributed by atoms with Crippen molar-refractivity contribution in [1.82, 2.24) is 4.98 Å². The molecule has 2 rings (SSSR count). The fourth-order valence-electron chi connectivity index (χ4n) is 1.63. The van der Waals surface area contributed by atoms with Crippen molar-refractivity contribution in [3.63, 3.8) is 0 Å². The van der Waals surface area contributed by atoms with Crippen LogP contribution in [0.3, 0.4) is 0 Å². The van der Waals surface area contributed by atoms with Gasteiger partial charge in [-0.15, -0.1) is 11.3 Å². The Morgan fingerprint density at radius 2 is 1.78 bits per heavy atom. The van der Waals surface area contributed by atoms with Gasteiger partial charge in [0.25, 0.3) is 0 Å². The molecule has 0 fully saturated rings. The lowest BCUT2D eigenvalue weighted by Crippen LogP contribution is -2.04. The second-order valence-electron chi connectivity index (χ2n) is 4.08. The topological polar surface area (TPSA) is 12.9 Å². The van der Waals surface area contributed by atoms with Crippen LogP contribution in [0, 0.1) is 6.92 Å². The minimum atomic E-state index is -4.26. The molecule has 0 bridgehead atoms. The van der Waals surface area contributed by atoms with Crippen LogP contribution in [-0.4, -0.2) is 4.98 Å². The highest BCUT2D eigenvalue weighted by atomic mass is 32.1. The minimum absolute atomic E-state index is 0.601. The second-order valence-corrected chi connectivity index (χ2v) is 5.02. The first-order valence-electron chi connectivity index (χ1n) is 5.52. The van der Waals surface area contributed by atoms with Gasteiger partial charge in [0.1, 0.15) is 0 Å². The first-order valence-corrected chi connectivity index (χ1v) is 6.40. The smallest absolute Gasteiger partial charge is 0.247 e. The number of nitrogens with zero attached hydrogens (tertiary/aromatic N) is 1. The van der Waals surface area contributed by atoms with Crippen LogP contribution >= 0.6 is 11.3 Å². The van der Waals surface area contributed by atoms with Crippen molar-refractivity contribution in [3.8, 4) is 0 Å². The van der Waals surface area contributed by atoms with Crippen LogP contribution in [0.1, 0.15) is 21.8 Å². The van der Waals surface area contributed by atoms with Gasteiger partial charge >= 0.3 is 6.18 Å². The standard InChI is InChI=1S/C13H12F3NS/c1-9-8-18-12(17-9)7-4-10-2-5-11(6-3-10)13(14,15)16/h2-3,5-6,8H,4,7H2,1H3. The van der Waals surface area contributed by atoms with Gasteiger partial charge in [0.15, 0.2) is 0 Å². The van der Waals surface area contributed by atoms with Crippen molar-refractivity contribution in [2.75, 3.05) is 0 Å². The Balaban J connectivity index is 1.98. The molecule has 1 aromatic carbocycles. The predicted molar refractivity (Wildman–Crippen MR) is 65.7 cm³/mol. The van der Waals surface area contributed by atoms with E-state index in [-0.39, 0.29) is 0 Å². The monoisotopic (exact) mass is 271 g/mol. The van der Waals surface area contributed by atoms with Gasteiger partial charge in [-0.3, -0.25) is 0 Å². The highest BCUT2D eigenvalue weighted by molar-refractivity contribution is 7.09. The molecular formula is C13H12F3NS. The minimum Gasteiger partial charge on any atom is -0.247 e. The molecule has 0 saturated carbocycles. The van der Waals surface area contributed by atoms with E-state index in [1.165, 1.54) is 12.1 Å². The third-order valence-corrected chi connectivity index (χ3v) is 3.60. The number of rotatable bonds is 3. The average Bonchev–Trinajstić information content (AvgIpc) is 2.72. The summed E-state index contributed by atoms with van der Waals surface area (Å²) in [6.07, 6.45) is -2.78. The van der Waals surface area contributed by atoms with Crippen LogP contribution in [0.5, 0.6) is 0 Å². The average molecular weight is 271 g/mol. The first kappa shape index (κ1) is 13.1. The van der Waals surface area contributed by atoms with Gasteiger partial charge in [-0.1, -0.05) is 12.1 Å². The lowest BCUT2D eigenvalue weighted by molar-refractivity contribution is -0.137. The fraction of sp³-hybridized carbons (Fsp3) is 0.308. The van der Waals surface area contributed by atoms with Crippen molar-refractivity contribution >= 4 is 11.3 Å². The van der Waals surface area contributed by atoms with E-state index in [0.29, 0.717) is 6.42 Å². The summed E-state index contributed by atoms with van der Waals surface area (Å²) in [7, 11) is 0. The molecule has 0 N–H and O–H groups in total. The number of halogens is 3. The first-order chi connectivity index (χ1) is 8.45.